The Morgan fingerprint density at radius 3 is 2.32 bits per heavy atom. The van der Waals surface area contributed by atoms with Gasteiger partial charge in [-0.25, -0.2) is 0 Å². The van der Waals surface area contributed by atoms with Gasteiger partial charge in [0.15, 0.2) is 0 Å². The second-order valence-electron chi connectivity index (χ2n) is 6.40. The molecule has 0 aliphatic heterocycles. The molecule has 1 heterocycles. The lowest BCUT2D eigenvalue weighted by atomic mass is 9.51. The maximum absolute atomic E-state index is 12.4. The van der Waals surface area contributed by atoms with Crippen molar-refractivity contribution in [2.45, 2.75) is 32.1 Å². The quantitative estimate of drug-likeness (QED) is 0.845. The topological polar surface area (TPSA) is 94.0 Å². The van der Waals surface area contributed by atoms with Gasteiger partial charge in [0, 0.05) is 5.92 Å². The fourth-order valence-electron chi connectivity index (χ4n) is 4.83. The van der Waals surface area contributed by atoms with E-state index >= 15 is 0 Å². The highest BCUT2D eigenvalue weighted by Crippen LogP contribution is 2.56. The van der Waals surface area contributed by atoms with Gasteiger partial charge in [-0.15, -0.1) is 0 Å². The van der Waals surface area contributed by atoms with E-state index < -0.39 is 0 Å². The number of hydrogen-bond acceptors (Lipinski definition) is 5. The summed E-state index contributed by atoms with van der Waals surface area (Å²) in [4.78, 5) is 16.3. The molecular formula is C13H18N4O2. The van der Waals surface area contributed by atoms with Crippen LogP contribution in [0.2, 0.25) is 0 Å². The van der Waals surface area contributed by atoms with Gasteiger partial charge in [0.2, 0.25) is 5.91 Å². The summed E-state index contributed by atoms with van der Waals surface area (Å²) in [5, 5.41) is 6.38. The molecule has 6 heteroatoms. The molecule has 1 aromatic rings. The second kappa shape index (κ2) is 3.95. The summed E-state index contributed by atoms with van der Waals surface area (Å²) in [6.07, 6.45) is 6.28. The summed E-state index contributed by atoms with van der Waals surface area (Å²) in [5.41, 5.74) is 5.36. The van der Waals surface area contributed by atoms with Gasteiger partial charge in [0.25, 0.3) is 5.95 Å². The zero-order valence-corrected chi connectivity index (χ0v) is 10.7. The van der Waals surface area contributed by atoms with Gasteiger partial charge >= 0.3 is 6.01 Å². The third kappa shape index (κ3) is 1.81. The molecule has 1 aromatic heterocycles. The molecular weight excluding hydrogens is 244 g/mol. The minimum atomic E-state index is -0.0135. The van der Waals surface area contributed by atoms with Crippen molar-refractivity contribution in [3.05, 3.63) is 0 Å². The van der Waals surface area contributed by atoms with Crippen molar-refractivity contribution in [2.24, 2.45) is 29.6 Å². The summed E-state index contributed by atoms with van der Waals surface area (Å²) in [5.74, 6) is 3.22. The third-order valence-corrected chi connectivity index (χ3v) is 5.21. The highest BCUT2D eigenvalue weighted by Gasteiger charge is 2.50. The molecule has 1 amide bonds. The van der Waals surface area contributed by atoms with Crippen molar-refractivity contribution in [3.63, 3.8) is 0 Å². The zero-order valence-electron chi connectivity index (χ0n) is 10.7. The van der Waals surface area contributed by atoms with Crippen LogP contribution in [-0.4, -0.2) is 16.0 Å². The van der Waals surface area contributed by atoms with Gasteiger partial charge < -0.3 is 10.3 Å². The first-order chi connectivity index (χ1) is 9.19. The number of nitrogens with one attached hydrogen (secondary N) is 1. The summed E-state index contributed by atoms with van der Waals surface area (Å²) in [7, 11) is 0. The molecule has 19 heavy (non-hydrogen) atoms. The standard InChI is InChI=1S/C13H18N4O2/c14-12-16-13(17-19-12)15-11(18)10-8-2-6-1-7(4-8)5-9(10)3-6/h6-10H,1-5H2,(H3,14,15,16,17,18). The first kappa shape index (κ1) is 11.3. The van der Waals surface area contributed by atoms with Crippen LogP contribution in [0, 0.1) is 29.6 Å². The summed E-state index contributed by atoms with van der Waals surface area (Å²) in [6.45, 7) is 0. The molecule has 0 spiro atoms. The van der Waals surface area contributed by atoms with Crippen molar-refractivity contribution in [3.8, 4) is 0 Å². The van der Waals surface area contributed by atoms with Crippen LogP contribution in [0.1, 0.15) is 32.1 Å². The maximum atomic E-state index is 12.4. The van der Waals surface area contributed by atoms with E-state index in [4.69, 9.17) is 5.73 Å². The van der Waals surface area contributed by atoms with Gasteiger partial charge in [-0.2, -0.15) is 4.98 Å². The van der Waals surface area contributed by atoms with E-state index in [1.54, 1.807) is 0 Å². The number of amides is 1. The summed E-state index contributed by atoms with van der Waals surface area (Å²) in [6, 6.07) is -0.0135. The van der Waals surface area contributed by atoms with Crippen LogP contribution in [0.4, 0.5) is 12.0 Å². The van der Waals surface area contributed by atoms with Crippen LogP contribution in [0.3, 0.4) is 0 Å². The van der Waals surface area contributed by atoms with Crippen LogP contribution in [-0.2, 0) is 4.79 Å². The van der Waals surface area contributed by atoms with Gasteiger partial charge in [0.1, 0.15) is 0 Å². The number of carbonyl (C=O) groups excluding carboxylic acids is 1. The Labute approximate surface area is 111 Å². The fraction of sp³-hybridized carbons (Fsp3) is 0.769. The van der Waals surface area contributed by atoms with Crippen molar-refractivity contribution in [1.29, 1.82) is 0 Å². The fourth-order valence-corrected chi connectivity index (χ4v) is 4.83. The Bertz CT molecular complexity index is 484. The smallest absolute Gasteiger partial charge is 0.320 e. The molecule has 3 N–H and O–H groups in total. The number of rotatable bonds is 2. The summed E-state index contributed by atoms with van der Waals surface area (Å²) < 4.78 is 4.67. The Hall–Kier alpha value is -1.59. The monoisotopic (exact) mass is 262 g/mol. The number of anilines is 2. The molecule has 5 rings (SSSR count). The van der Waals surface area contributed by atoms with E-state index in [0.717, 1.165) is 11.8 Å². The molecule has 0 aromatic carbocycles. The van der Waals surface area contributed by atoms with Crippen LogP contribution >= 0.6 is 0 Å². The molecule has 0 radical (unpaired) electrons. The van der Waals surface area contributed by atoms with Crippen LogP contribution in [0.5, 0.6) is 0 Å². The van der Waals surface area contributed by atoms with E-state index in [1.165, 1.54) is 32.1 Å². The predicted octanol–water partition coefficient (Wildman–Crippen LogP) is 1.66. The van der Waals surface area contributed by atoms with E-state index in [2.05, 4.69) is 20.0 Å². The lowest BCUT2D eigenvalue weighted by Gasteiger charge is -2.53. The summed E-state index contributed by atoms with van der Waals surface area (Å²) >= 11 is 0. The van der Waals surface area contributed by atoms with Crippen molar-refractivity contribution in [2.75, 3.05) is 11.1 Å². The van der Waals surface area contributed by atoms with Gasteiger partial charge in [-0.05, 0) is 60.9 Å². The van der Waals surface area contributed by atoms with Crippen molar-refractivity contribution >= 4 is 17.9 Å². The number of aromatic nitrogens is 2. The van der Waals surface area contributed by atoms with E-state index in [0.29, 0.717) is 11.8 Å². The Balaban J connectivity index is 1.51. The SMILES string of the molecule is Nc1nc(NC(=O)C2C3CC4CC(C3)CC2C4)no1. The Kier molecular flexibility index (Phi) is 2.34. The third-order valence-electron chi connectivity index (χ3n) is 5.21. The molecule has 4 bridgehead atoms. The minimum Gasteiger partial charge on any atom is -0.351 e. The van der Waals surface area contributed by atoms with Crippen LogP contribution < -0.4 is 11.1 Å². The molecule has 6 nitrogen and oxygen atoms in total. The molecule has 4 aliphatic rings. The largest absolute Gasteiger partial charge is 0.351 e. The lowest BCUT2D eigenvalue weighted by molar-refractivity contribution is -0.132. The zero-order chi connectivity index (χ0) is 13.0. The molecule has 102 valence electrons. The number of carbonyl (C=O) groups is 1. The molecule has 0 atom stereocenters. The second-order valence-corrected chi connectivity index (χ2v) is 6.40. The number of nitrogens with zero attached hydrogens (tertiary/aromatic N) is 2. The van der Waals surface area contributed by atoms with E-state index in [9.17, 15) is 4.79 Å². The number of nitrogens with two attached hydrogens (primary N) is 1. The average Bonchev–Trinajstić information content (AvgIpc) is 2.73. The van der Waals surface area contributed by atoms with E-state index in [1.807, 2.05) is 0 Å². The Morgan fingerprint density at radius 1 is 1.16 bits per heavy atom. The van der Waals surface area contributed by atoms with Crippen molar-refractivity contribution in [1.82, 2.24) is 10.1 Å². The lowest BCUT2D eigenvalue weighted by Crippen LogP contribution is -2.49. The van der Waals surface area contributed by atoms with E-state index in [-0.39, 0.29) is 23.8 Å². The first-order valence-electron chi connectivity index (χ1n) is 7.09. The Morgan fingerprint density at radius 2 is 1.79 bits per heavy atom. The number of hydrogen-bond donors (Lipinski definition) is 2. The molecule has 4 aliphatic carbocycles. The molecule has 0 unspecified atom stereocenters. The number of nitrogen functional groups attached to an aromatic ring is 1. The molecule has 0 saturated heterocycles. The average molecular weight is 262 g/mol. The highest BCUT2D eigenvalue weighted by molar-refractivity contribution is 5.91. The normalized spacial score (nSPS) is 39.5. The van der Waals surface area contributed by atoms with Crippen LogP contribution in [0.25, 0.3) is 0 Å². The highest BCUT2D eigenvalue weighted by atomic mass is 16.5. The minimum absolute atomic E-state index is 0.0135. The molecule has 4 saturated carbocycles. The van der Waals surface area contributed by atoms with Crippen LogP contribution in [0.15, 0.2) is 4.52 Å². The molecule has 4 fully saturated rings. The van der Waals surface area contributed by atoms with Gasteiger partial charge in [-0.1, -0.05) is 0 Å². The predicted molar refractivity (Wildman–Crippen MR) is 67.9 cm³/mol. The maximum Gasteiger partial charge on any atom is 0.320 e. The van der Waals surface area contributed by atoms with Gasteiger partial charge in [-0.3, -0.25) is 10.1 Å². The van der Waals surface area contributed by atoms with Gasteiger partial charge in [0.05, 0.1) is 0 Å². The van der Waals surface area contributed by atoms with Crippen molar-refractivity contribution < 1.29 is 9.32 Å². The first-order valence-corrected chi connectivity index (χ1v) is 7.09.